The number of halogens is 2. The summed E-state index contributed by atoms with van der Waals surface area (Å²) in [7, 11) is 3.96. The average Bonchev–Trinajstić information content (AvgIpc) is 3.27. The average molecular weight is 493 g/mol. The lowest BCUT2D eigenvalue weighted by Gasteiger charge is -2.19. The number of amides is 1. The van der Waals surface area contributed by atoms with Crippen molar-refractivity contribution in [3.05, 3.63) is 65.9 Å². The van der Waals surface area contributed by atoms with Crippen molar-refractivity contribution in [2.45, 2.75) is 34.1 Å². The second-order valence-electron chi connectivity index (χ2n) is 8.08. The first-order valence-corrected chi connectivity index (χ1v) is 11.9. The van der Waals surface area contributed by atoms with E-state index in [0.29, 0.717) is 25.6 Å². The van der Waals surface area contributed by atoms with Crippen LogP contribution in [0.2, 0.25) is 0 Å². The zero-order valence-corrected chi connectivity index (χ0v) is 22.0. The van der Waals surface area contributed by atoms with E-state index in [-0.39, 0.29) is 11.6 Å². The molecule has 35 heavy (non-hydrogen) atoms. The molecule has 1 saturated heterocycles. The summed E-state index contributed by atoms with van der Waals surface area (Å²) >= 11 is 0. The minimum Gasteiger partial charge on any atom is -0.388 e. The van der Waals surface area contributed by atoms with E-state index in [1.54, 1.807) is 17.9 Å². The predicted octanol–water partition coefficient (Wildman–Crippen LogP) is 4.94. The molecule has 1 unspecified atom stereocenters. The molecule has 1 aliphatic heterocycles. The number of nitrogens with one attached hydrogen (secondary N) is 2. The number of allylic oxidation sites excluding steroid dienone is 5. The van der Waals surface area contributed by atoms with E-state index < -0.39 is 11.7 Å². The lowest BCUT2D eigenvalue weighted by molar-refractivity contribution is -0.128. The highest BCUT2D eigenvalue weighted by atomic mass is 19.1. The number of rotatable bonds is 9. The molecule has 1 aromatic carbocycles. The summed E-state index contributed by atoms with van der Waals surface area (Å²) in [5.74, 6) is -0.968. The van der Waals surface area contributed by atoms with Crippen molar-refractivity contribution < 1.29 is 18.4 Å². The van der Waals surface area contributed by atoms with Crippen LogP contribution < -0.4 is 10.6 Å². The Labute approximate surface area is 209 Å². The number of carbonyl (C=O) groups excluding carboxylic acids is 2. The number of hydrogen-bond donors (Lipinski definition) is 2. The number of para-hydroxylation sites is 1. The Hall–Kier alpha value is -3.00. The lowest BCUT2D eigenvalue weighted by Crippen LogP contribution is -2.35. The summed E-state index contributed by atoms with van der Waals surface area (Å²) in [5.41, 5.74) is 1.37. The van der Waals surface area contributed by atoms with Gasteiger partial charge in [-0.3, -0.25) is 4.79 Å². The fraction of sp³-hybridized carbons (Fsp3) is 0.481. The Balaban J connectivity index is 0.000000584. The maximum absolute atomic E-state index is 13.6. The molecule has 1 atom stereocenters. The van der Waals surface area contributed by atoms with Gasteiger partial charge in [-0.05, 0) is 59.0 Å². The Kier molecular flexibility index (Phi) is 17.7. The SMILES string of the molecule is CN1CCC(C=O)C1.CNc1ccccc1.C\C=C/C(NCCN(CC)C(C)=O)=C(F)\C=C(/C)F. The van der Waals surface area contributed by atoms with Gasteiger partial charge in [0.05, 0.1) is 11.5 Å². The first-order valence-electron chi connectivity index (χ1n) is 11.9. The van der Waals surface area contributed by atoms with Crippen LogP contribution in [0, 0.1) is 5.92 Å². The highest BCUT2D eigenvalue weighted by Crippen LogP contribution is 2.11. The third-order valence-corrected chi connectivity index (χ3v) is 5.12. The molecule has 0 bridgehead atoms. The van der Waals surface area contributed by atoms with Gasteiger partial charge in [0.2, 0.25) is 5.91 Å². The zero-order chi connectivity index (χ0) is 26.6. The maximum atomic E-state index is 13.6. The van der Waals surface area contributed by atoms with Crippen LogP contribution >= 0.6 is 0 Å². The standard InChI is InChI=1S/C14H22F2N2O.C7H9N.C6H11NO/c1-5-7-14(13(16)10-11(3)15)17-8-9-18(6-2)12(4)19;1-8-7-5-3-2-4-6-7;1-7-3-2-6(4-7)5-8/h5,7,10,17H,6,8-9H2,1-4H3;2-6,8H,1H3;5-6H,2-4H2,1H3/b7-5-,11-10+,14-13-;;. The minimum atomic E-state index is -0.663. The van der Waals surface area contributed by atoms with Crippen molar-refractivity contribution >= 4 is 17.9 Å². The second kappa shape index (κ2) is 19.3. The number of anilines is 1. The molecule has 196 valence electrons. The van der Waals surface area contributed by atoms with Crippen LogP contribution in [0.3, 0.4) is 0 Å². The first kappa shape index (κ1) is 32.0. The monoisotopic (exact) mass is 492 g/mol. The summed E-state index contributed by atoms with van der Waals surface area (Å²) in [6.07, 6.45) is 6.12. The van der Waals surface area contributed by atoms with E-state index in [1.165, 1.54) is 19.9 Å². The predicted molar refractivity (Wildman–Crippen MR) is 141 cm³/mol. The molecule has 8 heteroatoms. The molecule has 0 aliphatic carbocycles. The summed E-state index contributed by atoms with van der Waals surface area (Å²) in [4.78, 5) is 25.1. The highest BCUT2D eigenvalue weighted by molar-refractivity contribution is 5.73. The molecule has 0 spiro atoms. The van der Waals surface area contributed by atoms with E-state index in [4.69, 9.17) is 0 Å². The summed E-state index contributed by atoms with van der Waals surface area (Å²) < 4.78 is 26.3. The number of likely N-dealkylation sites (tertiary alicyclic amines) is 1. The van der Waals surface area contributed by atoms with Crippen LogP contribution in [0.15, 0.2) is 65.9 Å². The van der Waals surface area contributed by atoms with Gasteiger partial charge in [-0.2, -0.15) is 0 Å². The normalized spacial score (nSPS) is 16.3. The first-order chi connectivity index (χ1) is 16.7. The molecule has 0 radical (unpaired) electrons. The maximum Gasteiger partial charge on any atom is 0.219 e. The van der Waals surface area contributed by atoms with Gasteiger partial charge in [-0.25, -0.2) is 8.78 Å². The zero-order valence-electron chi connectivity index (χ0n) is 22.0. The highest BCUT2D eigenvalue weighted by Gasteiger charge is 2.17. The third-order valence-electron chi connectivity index (χ3n) is 5.12. The quantitative estimate of drug-likeness (QED) is 0.378. The van der Waals surface area contributed by atoms with Crippen LogP contribution in [0.4, 0.5) is 14.5 Å². The number of aldehydes is 1. The molecule has 1 aliphatic rings. The molecule has 0 saturated carbocycles. The van der Waals surface area contributed by atoms with E-state index in [2.05, 4.69) is 15.5 Å². The van der Waals surface area contributed by atoms with Gasteiger partial charge in [0.25, 0.3) is 0 Å². The van der Waals surface area contributed by atoms with Gasteiger partial charge >= 0.3 is 0 Å². The van der Waals surface area contributed by atoms with Crippen molar-refractivity contribution in [2.24, 2.45) is 5.92 Å². The fourth-order valence-electron chi connectivity index (χ4n) is 3.19. The molecule has 1 heterocycles. The topological polar surface area (TPSA) is 64.7 Å². The number of nitrogens with zero attached hydrogens (tertiary/aromatic N) is 2. The van der Waals surface area contributed by atoms with Crippen LogP contribution in [0.1, 0.15) is 34.1 Å². The number of benzene rings is 1. The molecular weight excluding hydrogens is 450 g/mol. The second-order valence-corrected chi connectivity index (χ2v) is 8.08. The molecule has 6 nitrogen and oxygen atoms in total. The van der Waals surface area contributed by atoms with Gasteiger partial charge in [0.1, 0.15) is 12.1 Å². The summed E-state index contributed by atoms with van der Waals surface area (Å²) in [5, 5.41) is 5.89. The molecule has 2 N–H and O–H groups in total. The molecule has 2 rings (SSSR count). The Bertz CT molecular complexity index is 822. The van der Waals surface area contributed by atoms with Crippen LogP contribution in [-0.4, -0.2) is 68.8 Å². The molecule has 0 aromatic heterocycles. The van der Waals surface area contributed by atoms with E-state index in [9.17, 15) is 18.4 Å². The molecular formula is C27H42F2N4O2. The lowest BCUT2D eigenvalue weighted by atomic mass is 10.1. The molecule has 1 amide bonds. The van der Waals surface area contributed by atoms with Crippen LogP contribution in [-0.2, 0) is 9.59 Å². The Morgan fingerprint density at radius 1 is 1.23 bits per heavy atom. The van der Waals surface area contributed by atoms with Gasteiger partial charge in [0, 0.05) is 57.8 Å². The van der Waals surface area contributed by atoms with Crippen molar-refractivity contribution in [1.29, 1.82) is 0 Å². The molecule has 1 aromatic rings. The van der Waals surface area contributed by atoms with Gasteiger partial charge in [0.15, 0.2) is 0 Å². The van der Waals surface area contributed by atoms with Gasteiger partial charge < -0.3 is 25.2 Å². The minimum absolute atomic E-state index is 0.0270. The van der Waals surface area contributed by atoms with Crippen molar-refractivity contribution in [3.8, 4) is 0 Å². The van der Waals surface area contributed by atoms with Crippen LogP contribution in [0.5, 0.6) is 0 Å². The van der Waals surface area contributed by atoms with Gasteiger partial charge in [-0.15, -0.1) is 0 Å². The number of carbonyl (C=O) groups is 2. The summed E-state index contributed by atoms with van der Waals surface area (Å²) in [6, 6.07) is 10.1. The number of likely N-dealkylation sites (N-methyl/N-ethyl adjacent to an activating group) is 1. The Morgan fingerprint density at radius 3 is 2.26 bits per heavy atom. The van der Waals surface area contributed by atoms with Crippen molar-refractivity contribution in [3.63, 3.8) is 0 Å². The van der Waals surface area contributed by atoms with Crippen molar-refractivity contribution in [1.82, 2.24) is 15.1 Å². The largest absolute Gasteiger partial charge is 0.388 e. The van der Waals surface area contributed by atoms with E-state index >= 15 is 0 Å². The fourth-order valence-corrected chi connectivity index (χ4v) is 3.19. The van der Waals surface area contributed by atoms with E-state index in [0.717, 1.165) is 37.6 Å². The number of hydrogen-bond acceptors (Lipinski definition) is 5. The smallest absolute Gasteiger partial charge is 0.219 e. The Morgan fingerprint density at radius 2 is 1.89 bits per heavy atom. The van der Waals surface area contributed by atoms with Gasteiger partial charge in [-0.1, -0.05) is 24.3 Å². The van der Waals surface area contributed by atoms with Crippen molar-refractivity contribution in [2.75, 3.05) is 52.1 Å². The van der Waals surface area contributed by atoms with Crippen LogP contribution in [0.25, 0.3) is 0 Å². The summed E-state index contributed by atoms with van der Waals surface area (Å²) in [6.45, 7) is 9.81. The van der Waals surface area contributed by atoms with E-state index in [1.807, 2.05) is 51.4 Å². The third kappa shape index (κ3) is 15.5. The molecule has 1 fully saturated rings.